The minimum atomic E-state index is -4.72. The van der Waals surface area contributed by atoms with Gasteiger partial charge in [0.1, 0.15) is 18.0 Å². The van der Waals surface area contributed by atoms with Crippen molar-refractivity contribution in [2.75, 3.05) is 6.54 Å². The van der Waals surface area contributed by atoms with E-state index in [4.69, 9.17) is 11.6 Å². The first-order chi connectivity index (χ1) is 17.4. The number of aromatic nitrogens is 3. The lowest BCUT2D eigenvalue weighted by atomic mass is 10.1. The number of carbonyl (C=O) groups is 1. The summed E-state index contributed by atoms with van der Waals surface area (Å²) in [6, 6.07) is 3.96. The maximum Gasteiger partial charge on any atom is 0.451 e. The summed E-state index contributed by atoms with van der Waals surface area (Å²) in [4.78, 5) is 23.2. The van der Waals surface area contributed by atoms with Crippen molar-refractivity contribution in [3.05, 3.63) is 71.3 Å². The molecular formula is C22H17ClF5N5O3S. The number of nitrogens with zero attached hydrogens (tertiary/aromatic N) is 4. The van der Waals surface area contributed by atoms with E-state index in [1.165, 1.54) is 12.3 Å². The van der Waals surface area contributed by atoms with Gasteiger partial charge in [-0.2, -0.15) is 17.5 Å². The summed E-state index contributed by atoms with van der Waals surface area (Å²) in [7, 11) is -4.29. The first-order valence-electron chi connectivity index (χ1n) is 10.6. The molecule has 2 aromatic heterocycles. The van der Waals surface area contributed by atoms with Crippen LogP contribution in [0, 0.1) is 5.82 Å². The molecule has 15 heteroatoms. The smallest absolute Gasteiger partial charge is 0.349 e. The lowest BCUT2D eigenvalue weighted by Gasteiger charge is -2.23. The molecule has 8 nitrogen and oxygen atoms in total. The number of hydrogen-bond acceptors (Lipinski definition) is 6. The monoisotopic (exact) mass is 561 g/mol. The van der Waals surface area contributed by atoms with Crippen LogP contribution in [0.1, 0.15) is 17.9 Å². The molecule has 37 heavy (non-hydrogen) atoms. The number of benzene rings is 1. The Morgan fingerprint density at radius 1 is 1.11 bits per heavy atom. The number of pyridine rings is 1. The third-order valence-corrected chi connectivity index (χ3v) is 7.69. The SMILES string of the molecule is O=C(NCc1cc(-c2cnc(C(F)(F)F)nc2)c(Cl)cn1)C1CC(F)CN1S(=O)(=O)c1ccc(F)cc1. The van der Waals surface area contributed by atoms with Gasteiger partial charge < -0.3 is 5.32 Å². The number of halogens is 6. The summed E-state index contributed by atoms with van der Waals surface area (Å²) in [6.45, 7) is -0.766. The van der Waals surface area contributed by atoms with Gasteiger partial charge in [-0.25, -0.2) is 27.2 Å². The van der Waals surface area contributed by atoms with Crippen LogP contribution in [0.2, 0.25) is 5.02 Å². The van der Waals surface area contributed by atoms with E-state index in [2.05, 4.69) is 20.3 Å². The molecule has 0 aliphatic carbocycles. The zero-order valence-electron chi connectivity index (χ0n) is 18.6. The normalized spacial score (nSPS) is 18.6. The Balaban J connectivity index is 1.50. The molecular weight excluding hydrogens is 545 g/mol. The van der Waals surface area contributed by atoms with E-state index in [0.29, 0.717) is 0 Å². The van der Waals surface area contributed by atoms with Gasteiger partial charge in [0.05, 0.1) is 22.2 Å². The Hall–Kier alpha value is -3.23. The first kappa shape index (κ1) is 26.8. The van der Waals surface area contributed by atoms with Crippen LogP contribution < -0.4 is 5.32 Å². The summed E-state index contributed by atoms with van der Waals surface area (Å²) in [5.74, 6) is -2.77. The molecule has 2 unspecified atom stereocenters. The Morgan fingerprint density at radius 2 is 1.76 bits per heavy atom. The fourth-order valence-electron chi connectivity index (χ4n) is 3.71. The molecule has 3 aromatic rings. The highest BCUT2D eigenvalue weighted by molar-refractivity contribution is 7.89. The van der Waals surface area contributed by atoms with E-state index in [-0.39, 0.29) is 39.7 Å². The van der Waals surface area contributed by atoms with Crippen molar-refractivity contribution in [3.63, 3.8) is 0 Å². The molecule has 2 atom stereocenters. The van der Waals surface area contributed by atoms with Crippen molar-refractivity contribution >= 4 is 27.5 Å². The Labute approximate surface area is 212 Å². The lowest BCUT2D eigenvalue weighted by molar-refractivity contribution is -0.145. The number of carbonyl (C=O) groups excluding carboxylic acids is 1. The van der Waals surface area contributed by atoms with E-state index in [1.54, 1.807) is 0 Å². The van der Waals surface area contributed by atoms with Crippen molar-refractivity contribution in [3.8, 4) is 11.1 Å². The molecule has 3 heterocycles. The Morgan fingerprint density at radius 3 is 2.38 bits per heavy atom. The zero-order valence-corrected chi connectivity index (χ0v) is 20.2. The van der Waals surface area contributed by atoms with E-state index in [0.717, 1.165) is 41.0 Å². The third kappa shape index (κ3) is 5.86. The van der Waals surface area contributed by atoms with Gasteiger partial charge in [-0.1, -0.05) is 11.6 Å². The van der Waals surface area contributed by atoms with Gasteiger partial charge in [0, 0.05) is 42.7 Å². The number of hydrogen-bond donors (Lipinski definition) is 1. The molecule has 1 amide bonds. The zero-order chi connectivity index (χ0) is 27.0. The quantitative estimate of drug-likeness (QED) is 0.460. The van der Waals surface area contributed by atoms with Crippen molar-refractivity contribution < 1.29 is 35.2 Å². The van der Waals surface area contributed by atoms with Gasteiger partial charge in [-0.3, -0.25) is 9.78 Å². The highest BCUT2D eigenvalue weighted by Gasteiger charge is 2.44. The number of amides is 1. The third-order valence-electron chi connectivity index (χ3n) is 5.50. The molecule has 0 saturated carbocycles. The summed E-state index contributed by atoms with van der Waals surface area (Å²) >= 11 is 6.11. The second-order valence-electron chi connectivity index (χ2n) is 8.04. The molecule has 4 rings (SSSR count). The van der Waals surface area contributed by atoms with Gasteiger partial charge >= 0.3 is 6.18 Å². The molecule has 0 radical (unpaired) electrons. The standard InChI is InChI=1S/C22H17ClF5N5O3S/c23-18-10-29-15(6-17(18)12-7-31-21(32-8-12)22(26,27)28)9-30-20(34)19-5-14(25)11-33(19)37(35,36)16-3-1-13(24)2-4-16/h1-4,6-8,10,14,19H,5,9,11H2,(H,30,34). The summed E-state index contributed by atoms with van der Waals surface area (Å²) < 4.78 is 92.2. The minimum absolute atomic E-state index is 0.0889. The maximum atomic E-state index is 14.2. The fraction of sp³-hybridized carbons (Fsp3) is 0.273. The number of rotatable bonds is 6. The van der Waals surface area contributed by atoms with Crippen LogP contribution in [0.15, 0.2) is 53.8 Å². The van der Waals surface area contributed by atoms with Gasteiger partial charge in [-0.05, 0) is 30.3 Å². The molecule has 1 saturated heterocycles. The van der Waals surface area contributed by atoms with Crippen LogP contribution in [0.3, 0.4) is 0 Å². The average molecular weight is 562 g/mol. The van der Waals surface area contributed by atoms with Crippen LogP contribution in [0.5, 0.6) is 0 Å². The van der Waals surface area contributed by atoms with Gasteiger partial charge in [0.25, 0.3) is 0 Å². The largest absolute Gasteiger partial charge is 0.451 e. The van der Waals surface area contributed by atoms with Gasteiger partial charge in [-0.15, -0.1) is 0 Å². The highest BCUT2D eigenvalue weighted by atomic mass is 35.5. The number of alkyl halides is 4. The lowest BCUT2D eigenvalue weighted by Crippen LogP contribution is -2.45. The second kappa shape index (κ2) is 10.3. The topological polar surface area (TPSA) is 105 Å². The van der Waals surface area contributed by atoms with Crippen LogP contribution in [0.4, 0.5) is 22.0 Å². The van der Waals surface area contributed by atoms with Crippen LogP contribution >= 0.6 is 11.6 Å². The van der Waals surface area contributed by atoms with E-state index >= 15 is 0 Å². The molecule has 1 N–H and O–H groups in total. The van der Waals surface area contributed by atoms with E-state index in [1.807, 2.05) is 0 Å². The molecule has 1 aliphatic rings. The summed E-state index contributed by atoms with van der Waals surface area (Å²) in [6.07, 6.45) is -3.59. The average Bonchev–Trinajstić information content (AvgIpc) is 3.26. The molecule has 196 valence electrons. The summed E-state index contributed by atoms with van der Waals surface area (Å²) in [5, 5.41) is 2.58. The predicted octanol–water partition coefficient (Wildman–Crippen LogP) is 3.77. The molecule has 0 bridgehead atoms. The van der Waals surface area contributed by atoms with Crippen molar-refractivity contribution in [2.45, 2.75) is 36.3 Å². The van der Waals surface area contributed by atoms with Gasteiger partial charge in [0.15, 0.2) is 0 Å². The van der Waals surface area contributed by atoms with Crippen molar-refractivity contribution in [2.24, 2.45) is 0 Å². The van der Waals surface area contributed by atoms with Crippen LogP contribution in [0.25, 0.3) is 11.1 Å². The number of sulfonamides is 1. The molecule has 1 fully saturated rings. The van der Waals surface area contributed by atoms with Gasteiger partial charge in [0.2, 0.25) is 21.8 Å². The van der Waals surface area contributed by atoms with Crippen molar-refractivity contribution in [1.82, 2.24) is 24.6 Å². The van der Waals surface area contributed by atoms with E-state index in [9.17, 15) is 35.2 Å². The molecule has 1 aliphatic heterocycles. The second-order valence-corrected chi connectivity index (χ2v) is 10.3. The minimum Gasteiger partial charge on any atom is -0.349 e. The molecule has 1 aromatic carbocycles. The predicted molar refractivity (Wildman–Crippen MR) is 121 cm³/mol. The van der Waals surface area contributed by atoms with Crippen molar-refractivity contribution in [1.29, 1.82) is 0 Å². The number of nitrogens with one attached hydrogen (secondary N) is 1. The summed E-state index contributed by atoms with van der Waals surface area (Å²) in [5.41, 5.74) is 0.649. The van der Waals surface area contributed by atoms with Crippen LogP contribution in [-0.2, 0) is 27.5 Å². The Bertz CT molecular complexity index is 1410. The maximum absolute atomic E-state index is 14.2. The highest BCUT2D eigenvalue weighted by Crippen LogP contribution is 2.31. The molecule has 0 spiro atoms. The van der Waals surface area contributed by atoms with Crippen LogP contribution in [-0.4, -0.2) is 52.3 Å². The first-order valence-corrected chi connectivity index (χ1v) is 12.4. The Kier molecular flexibility index (Phi) is 7.44. The van der Waals surface area contributed by atoms with E-state index < -0.39 is 52.5 Å². The fourth-order valence-corrected chi connectivity index (χ4v) is 5.55.